The van der Waals surface area contributed by atoms with Crippen LogP contribution in [0.25, 0.3) is 0 Å². The van der Waals surface area contributed by atoms with Crippen molar-refractivity contribution in [2.24, 2.45) is 0 Å². The summed E-state index contributed by atoms with van der Waals surface area (Å²) in [5.74, 6) is 0.761. The molecule has 80 valence electrons. The number of fused-ring (bicyclic) bond motifs is 1. The van der Waals surface area contributed by atoms with Gasteiger partial charge in [0.25, 0.3) is 0 Å². The second kappa shape index (κ2) is 3.15. The number of ether oxygens (including phenoxy) is 3. The molecule has 0 unspecified atom stereocenters. The summed E-state index contributed by atoms with van der Waals surface area (Å²) in [6.07, 6.45) is 0.739. The average molecular weight is 208 g/mol. The zero-order valence-electron chi connectivity index (χ0n) is 8.87. The fourth-order valence-corrected chi connectivity index (χ4v) is 1.53. The smallest absolute Gasteiger partial charge is 0.246 e. The van der Waals surface area contributed by atoms with E-state index in [2.05, 4.69) is 0 Å². The van der Waals surface area contributed by atoms with Crippen molar-refractivity contribution < 1.29 is 19.0 Å². The Hall–Kier alpha value is -1.71. The Bertz CT molecular complexity index is 409. The van der Waals surface area contributed by atoms with Crippen LogP contribution in [0.4, 0.5) is 0 Å². The SMILES string of the molecule is COc1ccc(C=O)c2c1OC(C)(C)O2. The zero-order chi connectivity index (χ0) is 11.1. The number of carbonyl (C=O) groups is 1. The van der Waals surface area contributed by atoms with Crippen LogP contribution in [-0.4, -0.2) is 19.2 Å². The van der Waals surface area contributed by atoms with E-state index in [1.54, 1.807) is 33.1 Å². The summed E-state index contributed by atoms with van der Waals surface area (Å²) in [6.45, 7) is 3.56. The van der Waals surface area contributed by atoms with Crippen molar-refractivity contribution >= 4 is 6.29 Å². The van der Waals surface area contributed by atoms with Crippen LogP contribution in [0.1, 0.15) is 24.2 Å². The van der Waals surface area contributed by atoms with E-state index in [4.69, 9.17) is 14.2 Å². The molecule has 0 saturated heterocycles. The first kappa shape index (κ1) is 9.83. The lowest BCUT2D eigenvalue weighted by Crippen LogP contribution is -2.30. The maximum Gasteiger partial charge on any atom is 0.246 e. The molecular weight excluding hydrogens is 196 g/mol. The van der Waals surface area contributed by atoms with Crippen molar-refractivity contribution in [2.45, 2.75) is 19.6 Å². The second-order valence-electron chi connectivity index (χ2n) is 3.74. The molecule has 0 saturated carbocycles. The minimum atomic E-state index is -0.755. The van der Waals surface area contributed by atoms with Gasteiger partial charge in [0.2, 0.25) is 11.5 Å². The van der Waals surface area contributed by atoms with Crippen molar-refractivity contribution in [2.75, 3.05) is 7.11 Å². The highest BCUT2D eigenvalue weighted by molar-refractivity contribution is 5.83. The quantitative estimate of drug-likeness (QED) is 0.697. The van der Waals surface area contributed by atoms with Crippen LogP contribution in [0.2, 0.25) is 0 Å². The predicted molar refractivity (Wildman–Crippen MR) is 53.7 cm³/mol. The third-order valence-corrected chi connectivity index (χ3v) is 2.15. The Kier molecular flexibility index (Phi) is 2.07. The van der Waals surface area contributed by atoms with E-state index in [9.17, 15) is 4.79 Å². The number of methoxy groups -OCH3 is 1. The van der Waals surface area contributed by atoms with Gasteiger partial charge < -0.3 is 14.2 Å². The van der Waals surface area contributed by atoms with Crippen LogP contribution in [0.15, 0.2) is 12.1 Å². The van der Waals surface area contributed by atoms with E-state index < -0.39 is 5.79 Å². The van der Waals surface area contributed by atoms with Gasteiger partial charge in [-0.1, -0.05) is 0 Å². The van der Waals surface area contributed by atoms with Gasteiger partial charge in [0.1, 0.15) is 0 Å². The maximum atomic E-state index is 10.8. The highest BCUT2D eigenvalue weighted by Crippen LogP contribution is 2.47. The predicted octanol–water partition coefficient (Wildman–Crippen LogP) is 2.01. The van der Waals surface area contributed by atoms with E-state index >= 15 is 0 Å². The van der Waals surface area contributed by atoms with Crippen LogP contribution < -0.4 is 14.2 Å². The third-order valence-electron chi connectivity index (χ3n) is 2.15. The molecule has 0 fully saturated rings. The van der Waals surface area contributed by atoms with Gasteiger partial charge in [0, 0.05) is 13.8 Å². The summed E-state index contributed by atoms with van der Waals surface area (Å²) in [5.41, 5.74) is 0.469. The van der Waals surface area contributed by atoms with Gasteiger partial charge in [-0.05, 0) is 12.1 Å². The van der Waals surface area contributed by atoms with E-state index in [-0.39, 0.29) is 0 Å². The maximum absolute atomic E-state index is 10.8. The molecule has 1 aliphatic rings. The Morgan fingerprint density at radius 3 is 2.53 bits per heavy atom. The van der Waals surface area contributed by atoms with Crippen molar-refractivity contribution in [3.05, 3.63) is 17.7 Å². The van der Waals surface area contributed by atoms with Crippen LogP contribution in [-0.2, 0) is 0 Å². The van der Waals surface area contributed by atoms with Crippen molar-refractivity contribution in [3.63, 3.8) is 0 Å². The molecule has 0 aliphatic carbocycles. The van der Waals surface area contributed by atoms with E-state index in [0.717, 1.165) is 6.29 Å². The Labute approximate surface area is 87.8 Å². The van der Waals surface area contributed by atoms with Crippen LogP contribution in [0, 0.1) is 0 Å². The lowest BCUT2D eigenvalue weighted by Gasteiger charge is -2.16. The summed E-state index contributed by atoms with van der Waals surface area (Å²) >= 11 is 0. The van der Waals surface area contributed by atoms with Gasteiger partial charge in [0.15, 0.2) is 17.8 Å². The molecular formula is C11H12O4. The summed E-state index contributed by atoms with van der Waals surface area (Å²) in [6, 6.07) is 3.34. The Morgan fingerprint density at radius 2 is 1.93 bits per heavy atom. The van der Waals surface area contributed by atoms with E-state index in [1.807, 2.05) is 0 Å². The van der Waals surface area contributed by atoms with Crippen LogP contribution in [0.3, 0.4) is 0 Å². The first-order valence-electron chi connectivity index (χ1n) is 4.61. The third kappa shape index (κ3) is 1.52. The van der Waals surface area contributed by atoms with Crippen LogP contribution in [0.5, 0.6) is 17.2 Å². The standard InChI is InChI=1S/C11H12O4/c1-11(2)14-9-7(6-12)4-5-8(13-3)10(9)15-11/h4-6H,1-3H3. The molecule has 0 N–H and O–H groups in total. The molecule has 0 spiro atoms. The molecule has 0 aromatic heterocycles. The van der Waals surface area contributed by atoms with Crippen molar-refractivity contribution in [1.29, 1.82) is 0 Å². The molecule has 0 amide bonds. The Morgan fingerprint density at radius 1 is 1.27 bits per heavy atom. The van der Waals surface area contributed by atoms with Gasteiger partial charge in [-0.15, -0.1) is 0 Å². The highest BCUT2D eigenvalue weighted by Gasteiger charge is 2.35. The molecule has 0 radical (unpaired) electrons. The van der Waals surface area contributed by atoms with Gasteiger partial charge in [-0.25, -0.2) is 0 Å². The summed E-state index contributed by atoms with van der Waals surface area (Å²) in [4.78, 5) is 10.8. The first-order chi connectivity index (χ1) is 7.07. The molecule has 1 heterocycles. The van der Waals surface area contributed by atoms with Gasteiger partial charge >= 0.3 is 0 Å². The first-order valence-corrected chi connectivity index (χ1v) is 4.61. The van der Waals surface area contributed by atoms with Gasteiger partial charge in [-0.3, -0.25) is 4.79 Å². The normalized spacial score (nSPS) is 16.2. The second-order valence-corrected chi connectivity index (χ2v) is 3.74. The monoisotopic (exact) mass is 208 g/mol. The molecule has 0 atom stereocenters. The Balaban J connectivity index is 2.57. The largest absolute Gasteiger partial charge is 0.493 e. The van der Waals surface area contributed by atoms with Gasteiger partial charge in [0.05, 0.1) is 12.7 Å². The molecule has 1 aromatic carbocycles. The molecule has 2 rings (SSSR count). The molecule has 1 aliphatic heterocycles. The van der Waals surface area contributed by atoms with E-state index in [1.165, 1.54) is 0 Å². The number of hydrogen-bond donors (Lipinski definition) is 0. The van der Waals surface area contributed by atoms with Gasteiger partial charge in [-0.2, -0.15) is 0 Å². The molecule has 1 aromatic rings. The zero-order valence-corrected chi connectivity index (χ0v) is 8.87. The molecule has 4 nitrogen and oxygen atoms in total. The molecule has 0 bridgehead atoms. The summed E-state index contributed by atoms with van der Waals surface area (Å²) in [7, 11) is 1.55. The number of benzene rings is 1. The summed E-state index contributed by atoms with van der Waals surface area (Å²) < 4.78 is 16.2. The highest BCUT2D eigenvalue weighted by atomic mass is 16.7. The lowest BCUT2D eigenvalue weighted by molar-refractivity contribution is -0.0440. The van der Waals surface area contributed by atoms with Crippen LogP contribution >= 0.6 is 0 Å². The number of hydrogen-bond acceptors (Lipinski definition) is 4. The fraction of sp³-hybridized carbons (Fsp3) is 0.364. The molecule has 4 heteroatoms. The van der Waals surface area contributed by atoms with Crippen molar-refractivity contribution in [1.82, 2.24) is 0 Å². The van der Waals surface area contributed by atoms with E-state index in [0.29, 0.717) is 22.8 Å². The minimum absolute atomic E-state index is 0.453. The fourth-order valence-electron chi connectivity index (χ4n) is 1.53. The average Bonchev–Trinajstić information content (AvgIpc) is 2.51. The minimum Gasteiger partial charge on any atom is -0.493 e. The summed E-state index contributed by atoms with van der Waals surface area (Å²) in [5, 5.41) is 0. The number of carbonyl (C=O) groups excluding carboxylic acids is 1. The van der Waals surface area contributed by atoms with Crippen molar-refractivity contribution in [3.8, 4) is 17.2 Å². The molecule has 15 heavy (non-hydrogen) atoms. The number of rotatable bonds is 2. The topological polar surface area (TPSA) is 44.8 Å². The number of aldehydes is 1. The lowest BCUT2D eigenvalue weighted by atomic mass is 10.2.